The molecule has 31 heavy (non-hydrogen) atoms. The van der Waals surface area contributed by atoms with E-state index in [2.05, 4.69) is 110 Å². The molecule has 2 aliphatic rings. The van der Waals surface area contributed by atoms with E-state index in [9.17, 15) is 0 Å². The molecule has 0 fully saturated rings. The van der Waals surface area contributed by atoms with Crippen LogP contribution < -0.4 is 0 Å². The summed E-state index contributed by atoms with van der Waals surface area (Å²) in [7, 11) is 0. The molecule has 6 rings (SSSR count). The van der Waals surface area contributed by atoms with Crippen molar-refractivity contribution < 1.29 is 0 Å². The molecule has 0 nitrogen and oxygen atoms in total. The van der Waals surface area contributed by atoms with Gasteiger partial charge in [-0.3, -0.25) is 0 Å². The van der Waals surface area contributed by atoms with Gasteiger partial charge in [0.25, 0.3) is 0 Å². The van der Waals surface area contributed by atoms with Gasteiger partial charge in [0, 0.05) is 4.47 Å². The summed E-state index contributed by atoms with van der Waals surface area (Å²) in [4.78, 5) is 0. The van der Waals surface area contributed by atoms with Crippen molar-refractivity contribution >= 4 is 15.9 Å². The van der Waals surface area contributed by atoms with Crippen LogP contribution in [0.15, 0.2) is 71.2 Å². The zero-order chi connectivity index (χ0) is 21.5. The Kier molecular flexibility index (Phi) is 3.96. The van der Waals surface area contributed by atoms with Gasteiger partial charge in [-0.25, -0.2) is 0 Å². The lowest BCUT2D eigenvalue weighted by atomic mass is 9.61. The molecule has 4 aromatic rings. The summed E-state index contributed by atoms with van der Waals surface area (Å²) in [6.45, 7) is 9.04. The van der Waals surface area contributed by atoms with Crippen molar-refractivity contribution in [2.24, 2.45) is 0 Å². The summed E-state index contributed by atoms with van der Waals surface area (Å²) in [6, 6.07) is 25.3. The highest BCUT2D eigenvalue weighted by atomic mass is 79.9. The maximum absolute atomic E-state index is 4.02. The Hall–Kier alpha value is -2.64. The van der Waals surface area contributed by atoms with Gasteiger partial charge in [-0.1, -0.05) is 82.2 Å². The second-order valence-corrected chi connectivity index (χ2v) is 10.2. The minimum Gasteiger partial charge on any atom is -0.0620 e. The fraction of sp³-hybridized carbons (Fsp3) is 0.200. The molecule has 2 aliphatic carbocycles. The summed E-state index contributed by atoms with van der Waals surface area (Å²) < 4.78 is 1.20. The normalized spacial score (nSPS) is 17.8. The maximum Gasteiger partial charge on any atom is 0.0730 e. The Morgan fingerprint density at radius 2 is 1.45 bits per heavy atom. The fourth-order valence-electron chi connectivity index (χ4n) is 6.32. The van der Waals surface area contributed by atoms with Gasteiger partial charge in [-0.15, -0.1) is 0 Å². The molecule has 1 heteroatoms. The molecular formula is C30H25Br. The van der Waals surface area contributed by atoms with Gasteiger partial charge < -0.3 is 0 Å². The van der Waals surface area contributed by atoms with Gasteiger partial charge in [0.15, 0.2) is 0 Å². The molecule has 0 saturated carbocycles. The number of hydrogen-bond donors (Lipinski definition) is 0. The van der Waals surface area contributed by atoms with Crippen LogP contribution in [0.5, 0.6) is 0 Å². The van der Waals surface area contributed by atoms with E-state index in [0.717, 1.165) is 6.42 Å². The lowest BCUT2D eigenvalue weighted by Crippen LogP contribution is -2.35. The van der Waals surface area contributed by atoms with Crippen LogP contribution in [0.25, 0.3) is 11.1 Å². The molecule has 0 heterocycles. The van der Waals surface area contributed by atoms with Crippen molar-refractivity contribution in [3.8, 4) is 11.1 Å². The van der Waals surface area contributed by atoms with E-state index < -0.39 is 0 Å². The van der Waals surface area contributed by atoms with E-state index >= 15 is 0 Å². The van der Waals surface area contributed by atoms with Crippen LogP contribution in [-0.4, -0.2) is 0 Å². The van der Waals surface area contributed by atoms with Crippen LogP contribution in [0, 0.1) is 27.7 Å². The maximum atomic E-state index is 4.02. The summed E-state index contributed by atoms with van der Waals surface area (Å²) in [5.41, 5.74) is 16.6. The van der Waals surface area contributed by atoms with E-state index in [1.165, 1.54) is 71.2 Å². The molecule has 1 spiro atoms. The van der Waals surface area contributed by atoms with Gasteiger partial charge in [-0.2, -0.15) is 0 Å². The molecular weight excluding hydrogens is 440 g/mol. The zero-order valence-electron chi connectivity index (χ0n) is 18.4. The summed E-state index contributed by atoms with van der Waals surface area (Å²) >= 11 is 4.02. The van der Waals surface area contributed by atoms with E-state index in [1.54, 1.807) is 0 Å². The molecule has 152 valence electrons. The first kappa shape index (κ1) is 19.1. The van der Waals surface area contributed by atoms with Gasteiger partial charge >= 0.3 is 0 Å². The molecule has 0 radical (unpaired) electrons. The number of halogens is 1. The van der Waals surface area contributed by atoms with Crippen molar-refractivity contribution in [3.63, 3.8) is 0 Å². The van der Waals surface area contributed by atoms with Crippen LogP contribution in [0.2, 0.25) is 0 Å². The molecule has 0 N–H and O–H groups in total. The standard InChI is InChI=1S/C30H25Br/c1-17-14-20(4)27-25(15-17)30(29-26(31)13-12-19(3)28(27)29)23-10-6-5-9-21(23)16-22-18(2)8-7-11-24(22)30/h5-15H,16H2,1-4H3. The van der Waals surface area contributed by atoms with Crippen LogP contribution in [0.4, 0.5) is 0 Å². The summed E-state index contributed by atoms with van der Waals surface area (Å²) in [6.07, 6.45) is 0.999. The highest BCUT2D eigenvalue weighted by Crippen LogP contribution is 2.62. The Labute approximate surface area is 193 Å². The third-order valence-electron chi connectivity index (χ3n) is 7.47. The van der Waals surface area contributed by atoms with Crippen molar-refractivity contribution in [1.82, 2.24) is 0 Å². The van der Waals surface area contributed by atoms with Crippen molar-refractivity contribution in [2.45, 2.75) is 39.5 Å². The molecule has 0 amide bonds. The molecule has 0 saturated heterocycles. The molecule has 1 unspecified atom stereocenters. The minimum absolute atomic E-state index is 0.289. The van der Waals surface area contributed by atoms with Gasteiger partial charge in [-0.05, 0) is 101 Å². The topological polar surface area (TPSA) is 0 Å². The van der Waals surface area contributed by atoms with E-state index in [0.29, 0.717) is 0 Å². The number of benzene rings is 4. The average molecular weight is 465 g/mol. The Balaban J connectivity index is 1.93. The van der Waals surface area contributed by atoms with Crippen LogP contribution >= 0.6 is 15.9 Å². The number of hydrogen-bond acceptors (Lipinski definition) is 0. The Morgan fingerprint density at radius 1 is 0.677 bits per heavy atom. The smallest absolute Gasteiger partial charge is 0.0620 e. The Bertz CT molecular complexity index is 1410. The largest absolute Gasteiger partial charge is 0.0730 e. The molecule has 0 aromatic heterocycles. The molecule has 4 aromatic carbocycles. The fourth-order valence-corrected chi connectivity index (χ4v) is 6.95. The molecule has 0 bridgehead atoms. The predicted molar refractivity (Wildman–Crippen MR) is 133 cm³/mol. The van der Waals surface area contributed by atoms with Gasteiger partial charge in [0.2, 0.25) is 0 Å². The predicted octanol–water partition coefficient (Wildman–Crippen LogP) is 7.95. The minimum atomic E-state index is -0.289. The number of fused-ring (bicyclic) bond motifs is 9. The zero-order valence-corrected chi connectivity index (χ0v) is 20.0. The van der Waals surface area contributed by atoms with Crippen molar-refractivity contribution in [1.29, 1.82) is 0 Å². The van der Waals surface area contributed by atoms with Crippen molar-refractivity contribution in [2.75, 3.05) is 0 Å². The lowest BCUT2D eigenvalue weighted by molar-refractivity contribution is 0.715. The third kappa shape index (κ3) is 2.31. The Morgan fingerprint density at radius 3 is 2.29 bits per heavy atom. The van der Waals surface area contributed by atoms with Crippen LogP contribution in [0.1, 0.15) is 55.6 Å². The highest BCUT2D eigenvalue weighted by Gasteiger charge is 2.51. The molecule has 1 atom stereocenters. The second kappa shape index (κ2) is 6.43. The van der Waals surface area contributed by atoms with E-state index in [4.69, 9.17) is 0 Å². The number of rotatable bonds is 0. The lowest BCUT2D eigenvalue weighted by Gasteiger charge is -2.41. The van der Waals surface area contributed by atoms with Crippen LogP contribution in [0.3, 0.4) is 0 Å². The second-order valence-electron chi connectivity index (χ2n) is 9.30. The summed E-state index contributed by atoms with van der Waals surface area (Å²) in [5, 5.41) is 0. The van der Waals surface area contributed by atoms with E-state index in [1.807, 2.05) is 0 Å². The number of aryl methyl sites for hydroxylation is 4. The summed E-state index contributed by atoms with van der Waals surface area (Å²) in [5.74, 6) is 0. The molecule has 0 aliphatic heterocycles. The first-order valence-corrected chi connectivity index (χ1v) is 11.8. The third-order valence-corrected chi connectivity index (χ3v) is 8.14. The average Bonchev–Trinajstić information content (AvgIpc) is 3.05. The first-order chi connectivity index (χ1) is 14.9. The SMILES string of the molecule is Cc1cc(C)c2c(c1)C1(c3ccccc3Cc3c(C)cccc31)c1c(Br)ccc(C)c1-2. The quantitative estimate of drug-likeness (QED) is 0.214. The highest BCUT2D eigenvalue weighted by molar-refractivity contribution is 9.10. The van der Waals surface area contributed by atoms with Crippen LogP contribution in [-0.2, 0) is 11.8 Å². The van der Waals surface area contributed by atoms with E-state index in [-0.39, 0.29) is 5.41 Å². The first-order valence-electron chi connectivity index (χ1n) is 11.0. The van der Waals surface area contributed by atoms with Crippen molar-refractivity contribution in [3.05, 3.63) is 127 Å². The monoisotopic (exact) mass is 464 g/mol. The van der Waals surface area contributed by atoms with Gasteiger partial charge in [0.1, 0.15) is 0 Å². The van der Waals surface area contributed by atoms with Gasteiger partial charge in [0.05, 0.1) is 5.41 Å².